The van der Waals surface area contributed by atoms with Crippen molar-refractivity contribution in [2.24, 2.45) is 0 Å². The number of amides is 1. The molecule has 0 radical (unpaired) electrons. The zero-order valence-corrected chi connectivity index (χ0v) is 19.1. The standard InChI is InChI=1S/C25H28FN3O2S/c1-18(27-25(30)19-7-5-8-20(26)17-19)24(23-11-6-16-32-23)29-14-12-28(13-15-29)21-9-3-4-10-22(21)31-2/h3-11,16-18,24H,12-15H2,1-2H3,(H,27,30)/t18-,24+/m1/s1. The topological polar surface area (TPSA) is 44.8 Å². The zero-order chi connectivity index (χ0) is 22.5. The number of methoxy groups -OCH3 is 1. The van der Waals surface area contributed by atoms with E-state index in [0.717, 1.165) is 37.6 Å². The average molecular weight is 454 g/mol. The van der Waals surface area contributed by atoms with Crippen LogP contribution >= 0.6 is 11.3 Å². The Kier molecular flexibility index (Phi) is 7.07. The molecule has 2 atom stereocenters. The minimum atomic E-state index is -0.410. The van der Waals surface area contributed by atoms with E-state index in [0.29, 0.717) is 5.56 Å². The van der Waals surface area contributed by atoms with Crippen LogP contribution in [-0.4, -0.2) is 50.1 Å². The molecule has 0 unspecified atom stereocenters. The number of carbonyl (C=O) groups excluding carboxylic acids is 1. The first kappa shape index (κ1) is 22.3. The number of rotatable bonds is 7. The minimum absolute atomic E-state index is 0.0485. The zero-order valence-electron chi connectivity index (χ0n) is 18.3. The molecular formula is C25H28FN3O2S. The van der Waals surface area contributed by atoms with E-state index >= 15 is 0 Å². The molecule has 1 N–H and O–H groups in total. The van der Waals surface area contributed by atoms with Gasteiger partial charge in [-0.05, 0) is 48.7 Å². The van der Waals surface area contributed by atoms with Crippen molar-refractivity contribution in [2.75, 3.05) is 38.2 Å². The molecule has 0 saturated carbocycles. The lowest BCUT2D eigenvalue weighted by Crippen LogP contribution is -2.52. The predicted molar refractivity (Wildman–Crippen MR) is 127 cm³/mol. The van der Waals surface area contributed by atoms with Crippen LogP contribution in [-0.2, 0) is 0 Å². The Hall–Kier alpha value is -2.90. The van der Waals surface area contributed by atoms with Gasteiger partial charge in [-0.2, -0.15) is 0 Å². The summed E-state index contributed by atoms with van der Waals surface area (Å²) in [5.41, 5.74) is 1.44. The number of nitrogens with one attached hydrogen (secondary N) is 1. The van der Waals surface area contributed by atoms with Crippen LogP contribution in [0.4, 0.5) is 10.1 Å². The molecule has 1 aromatic heterocycles. The molecule has 0 spiro atoms. The minimum Gasteiger partial charge on any atom is -0.495 e. The normalized spacial score (nSPS) is 16.4. The average Bonchev–Trinajstić information content (AvgIpc) is 3.34. The summed E-state index contributed by atoms with van der Waals surface area (Å²) in [4.78, 5) is 18.7. The van der Waals surface area contributed by atoms with Gasteiger partial charge in [0.15, 0.2) is 0 Å². The fourth-order valence-electron chi connectivity index (χ4n) is 4.33. The molecule has 7 heteroatoms. The lowest BCUT2D eigenvalue weighted by Gasteiger charge is -2.42. The second-order valence-corrected chi connectivity index (χ2v) is 8.91. The Balaban J connectivity index is 1.47. The molecular weight excluding hydrogens is 425 g/mol. The van der Waals surface area contributed by atoms with Gasteiger partial charge < -0.3 is 15.0 Å². The summed E-state index contributed by atoms with van der Waals surface area (Å²) in [6, 6.07) is 18.0. The van der Waals surface area contributed by atoms with Gasteiger partial charge in [0.25, 0.3) is 5.91 Å². The Bertz CT molecular complexity index is 1040. The lowest BCUT2D eigenvalue weighted by molar-refractivity contribution is 0.0890. The van der Waals surface area contributed by atoms with Crippen molar-refractivity contribution in [3.05, 3.63) is 82.3 Å². The third-order valence-corrected chi connectivity index (χ3v) is 6.83. The first-order valence-electron chi connectivity index (χ1n) is 10.8. The fourth-order valence-corrected chi connectivity index (χ4v) is 5.30. The van der Waals surface area contributed by atoms with Crippen LogP contribution in [0, 0.1) is 5.82 Å². The van der Waals surface area contributed by atoms with Crippen molar-refractivity contribution in [1.29, 1.82) is 0 Å². The van der Waals surface area contributed by atoms with Gasteiger partial charge in [-0.1, -0.05) is 24.3 Å². The van der Waals surface area contributed by atoms with Gasteiger partial charge in [0.1, 0.15) is 11.6 Å². The first-order valence-corrected chi connectivity index (χ1v) is 11.7. The lowest BCUT2D eigenvalue weighted by atomic mass is 10.0. The number of nitrogens with zero attached hydrogens (tertiary/aromatic N) is 2. The van der Waals surface area contributed by atoms with Gasteiger partial charge >= 0.3 is 0 Å². The van der Waals surface area contributed by atoms with Crippen LogP contribution < -0.4 is 15.0 Å². The van der Waals surface area contributed by atoms with Crippen LogP contribution in [0.25, 0.3) is 0 Å². The van der Waals surface area contributed by atoms with Crippen LogP contribution in [0.3, 0.4) is 0 Å². The molecule has 2 aromatic carbocycles. The Morgan fingerprint density at radius 3 is 2.53 bits per heavy atom. The molecule has 1 aliphatic heterocycles. The van der Waals surface area contributed by atoms with Crippen molar-refractivity contribution in [1.82, 2.24) is 10.2 Å². The number of ether oxygens (including phenoxy) is 1. The second-order valence-electron chi connectivity index (χ2n) is 7.93. The number of halogens is 1. The van der Waals surface area contributed by atoms with Gasteiger partial charge in [-0.25, -0.2) is 4.39 Å². The third kappa shape index (κ3) is 4.95. The number of hydrogen-bond acceptors (Lipinski definition) is 5. The number of hydrogen-bond donors (Lipinski definition) is 1. The van der Waals surface area contributed by atoms with Crippen LogP contribution in [0.1, 0.15) is 28.2 Å². The Morgan fingerprint density at radius 2 is 1.84 bits per heavy atom. The van der Waals surface area contributed by atoms with Crippen molar-refractivity contribution in [3.63, 3.8) is 0 Å². The molecule has 1 aliphatic rings. The highest BCUT2D eigenvalue weighted by Gasteiger charge is 2.31. The number of carbonyl (C=O) groups is 1. The highest BCUT2D eigenvalue weighted by Crippen LogP contribution is 2.32. The summed E-state index contributed by atoms with van der Waals surface area (Å²) >= 11 is 1.70. The molecule has 2 heterocycles. The van der Waals surface area contributed by atoms with Crippen LogP contribution in [0.5, 0.6) is 5.75 Å². The fraction of sp³-hybridized carbons (Fsp3) is 0.320. The largest absolute Gasteiger partial charge is 0.495 e. The van der Waals surface area contributed by atoms with Gasteiger partial charge in [0.2, 0.25) is 0 Å². The molecule has 0 bridgehead atoms. The van der Waals surface area contributed by atoms with Crippen molar-refractivity contribution >= 4 is 22.9 Å². The van der Waals surface area contributed by atoms with Gasteiger partial charge in [0, 0.05) is 42.7 Å². The highest BCUT2D eigenvalue weighted by molar-refractivity contribution is 7.10. The van der Waals surface area contributed by atoms with Gasteiger partial charge in [0.05, 0.1) is 18.8 Å². The summed E-state index contributed by atoms with van der Waals surface area (Å²) in [6.45, 7) is 5.48. The monoisotopic (exact) mass is 453 g/mol. The molecule has 5 nitrogen and oxygen atoms in total. The second kappa shape index (κ2) is 10.1. The maximum atomic E-state index is 13.6. The molecule has 1 amide bonds. The van der Waals surface area contributed by atoms with E-state index in [1.54, 1.807) is 30.6 Å². The van der Waals surface area contributed by atoms with Crippen LogP contribution in [0.2, 0.25) is 0 Å². The SMILES string of the molecule is COc1ccccc1N1CCN([C@H](c2cccs2)[C@@H](C)NC(=O)c2cccc(F)c2)CC1. The summed E-state index contributed by atoms with van der Waals surface area (Å²) in [6.07, 6.45) is 0. The highest BCUT2D eigenvalue weighted by atomic mass is 32.1. The number of anilines is 1. The summed E-state index contributed by atoms with van der Waals surface area (Å²) in [5, 5.41) is 5.16. The quantitative estimate of drug-likeness (QED) is 0.569. The van der Waals surface area contributed by atoms with Gasteiger partial charge in [-0.15, -0.1) is 11.3 Å². The van der Waals surface area contributed by atoms with E-state index in [9.17, 15) is 9.18 Å². The van der Waals surface area contributed by atoms with E-state index in [1.165, 1.54) is 17.0 Å². The molecule has 3 aromatic rings. The maximum absolute atomic E-state index is 13.6. The Morgan fingerprint density at radius 1 is 1.06 bits per heavy atom. The third-order valence-electron chi connectivity index (χ3n) is 5.89. The molecule has 1 fully saturated rings. The number of benzene rings is 2. The van der Waals surface area contributed by atoms with Crippen molar-refractivity contribution < 1.29 is 13.9 Å². The number of piperazine rings is 1. The summed E-state index contributed by atoms with van der Waals surface area (Å²) in [7, 11) is 1.70. The summed E-state index contributed by atoms with van der Waals surface area (Å²) < 4.78 is 19.1. The number of thiophene rings is 1. The first-order chi connectivity index (χ1) is 15.6. The van der Waals surface area contributed by atoms with Crippen LogP contribution in [0.15, 0.2) is 66.0 Å². The molecule has 168 valence electrons. The van der Waals surface area contributed by atoms with Gasteiger partial charge in [-0.3, -0.25) is 9.69 Å². The van der Waals surface area contributed by atoms with E-state index in [2.05, 4.69) is 32.6 Å². The number of para-hydroxylation sites is 2. The van der Waals surface area contributed by atoms with Crippen molar-refractivity contribution in [3.8, 4) is 5.75 Å². The Labute approximate surface area is 192 Å². The molecule has 32 heavy (non-hydrogen) atoms. The molecule has 1 saturated heterocycles. The predicted octanol–water partition coefficient (Wildman–Crippen LogP) is 4.58. The maximum Gasteiger partial charge on any atom is 0.251 e. The van der Waals surface area contributed by atoms with E-state index in [-0.39, 0.29) is 18.0 Å². The van der Waals surface area contributed by atoms with Crippen molar-refractivity contribution in [2.45, 2.75) is 19.0 Å². The summed E-state index contributed by atoms with van der Waals surface area (Å²) in [5.74, 6) is 0.213. The van der Waals surface area contributed by atoms with E-state index in [4.69, 9.17) is 4.74 Å². The molecule has 4 rings (SSSR count). The molecule has 0 aliphatic carbocycles. The van der Waals surface area contributed by atoms with E-state index in [1.807, 2.05) is 31.2 Å². The van der Waals surface area contributed by atoms with E-state index < -0.39 is 5.82 Å². The smallest absolute Gasteiger partial charge is 0.251 e.